The minimum atomic E-state index is -0.0388. The topological polar surface area (TPSA) is 76.5 Å². The molecule has 28 heavy (non-hydrogen) atoms. The van der Waals surface area contributed by atoms with Crippen LogP contribution in [0.5, 0.6) is 17.2 Å². The van der Waals surface area contributed by atoms with Gasteiger partial charge >= 0.3 is 0 Å². The van der Waals surface area contributed by atoms with Gasteiger partial charge in [0.1, 0.15) is 5.82 Å². The molecule has 0 fully saturated rings. The summed E-state index contributed by atoms with van der Waals surface area (Å²) in [5, 5.41) is 13.6. The zero-order valence-corrected chi connectivity index (χ0v) is 16.3. The van der Waals surface area contributed by atoms with Crippen molar-refractivity contribution in [3.8, 4) is 28.5 Å². The van der Waals surface area contributed by atoms with Crippen molar-refractivity contribution in [1.29, 1.82) is 0 Å². The molecule has 0 radical (unpaired) electrons. The first-order valence-electron chi connectivity index (χ1n) is 9.25. The van der Waals surface area contributed by atoms with E-state index in [1.807, 2.05) is 18.2 Å². The summed E-state index contributed by atoms with van der Waals surface area (Å²) in [5.74, 6) is 1.29. The average Bonchev–Trinajstić information content (AvgIpc) is 2.74. The van der Waals surface area contributed by atoms with Crippen LogP contribution in [0.15, 0.2) is 54.9 Å². The van der Waals surface area contributed by atoms with Crippen LogP contribution >= 0.6 is 0 Å². The third kappa shape index (κ3) is 4.34. The van der Waals surface area contributed by atoms with Gasteiger partial charge in [0.05, 0.1) is 38.3 Å². The van der Waals surface area contributed by atoms with Gasteiger partial charge in [-0.25, -0.2) is 4.98 Å². The number of methoxy groups -OCH3 is 2. The smallest absolute Gasteiger partial charge is 0.200 e. The Bertz CT molecular complexity index is 891. The zero-order valence-electron chi connectivity index (χ0n) is 16.3. The summed E-state index contributed by atoms with van der Waals surface area (Å²) in [6.07, 6.45) is 5.42. The van der Waals surface area contributed by atoms with Crippen LogP contribution in [0.1, 0.15) is 31.4 Å². The molecule has 3 rings (SSSR count). The van der Waals surface area contributed by atoms with E-state index >= 15 is 0 Å². The van der Waals surface area contributed by atoms with Gasteiger partial charge in [0.2, 0.25) is 5.75 Å². The van der Waals surface area contributed by atoms with Gasteiger partial charge in [0.25, 0.3) is 0 Å². The summed E-state index contributed by atoms with van der Waals surface area (Å²) in [7, 11) is 2.99. The van der Waals surface area contributed by atoms with Gasteiger partial charge in [-0.15, -0.1) is 0 Å². The van der Waals surface area contributed by atoms with E-state index in [-0.39, 0.29) is 11.8 Å². The lowest BCUT2D eigenvalue weighted by molar-refractivity contribution is 0.340. The molecule has 1 heterocycles. The number of aromatic nitrogens is 2. The van der Waals surface area contributed by atoms with Crippen molar-refractivity contribution in [2.75, 3.05) is 19.5 Å². The number of phenols is 1. The van der Waals surface area contributed by atoms with E-state index in [9.17, 15) is 5.11 Å². The largest absolute Gasteiger partial charge is 0.502 e. The number of phenolic OH excluding ortho intramolecular Hbond substituents is 1. The summed E-state index contributed by atoms with van der Waals surface area (Å²) in [4.78, 5) is 9.04. The number of hydrogen-bond acceptors (Lipinski definition) is 6. The molecule has 1 aromatic heterocycles. The minimum Gasteiger partial charge on any atom is -0.502 e. The number of aromatic hydroxyl groups is 1. The van der Waals surface area contributed by atoms with Crippen LogP contribution in [0.2, 0.25) is 0 Å². The van der Waals surface area contributed by atoms with Crippen LogP contribution in [0.25, 0.3) is 11.3 Å². The molecule has 6 heteroatoms. The Morgan fingerprint density at radius 2 is 1.71 bits per heavy atom. The summed E-state index contributed by atoms with van der Waals surface area (Å²) in [5.41, 5.74) is 2.61. The van der Waals surface area contributed by atoms with Gasteiger partial charge < -0.3 is 19.9 Å². The average molecular weight is 379 g/mol. The number of nitrogens with one attached hydrogen (secondary N) is 1. The van der Waals surface area contributed by atoms with Gasteiger partial charge in [-0.1, -0.05) is 43.7 Å². The van der Waals surface area contributed by atoms with E-state index in [1.165, 1.54) is 19.8 Å². The summed E-state index contributed by atoms with van der Waals surface area (Å²) in [6, 6.07) is 13.9. The number of rotatable bonds is 8. The van der Waals surface area contributed by atoms with Crippen LogP contribution in [-0.2, 0) is 0 Å². The van der Waals surface area contributed by atoms with Crippen LogP contribution in [-0.4, -0.2) is 29.3 Å². The van der Waals surface area contributed by atoms with E-state index in [2.05, 4.69) is 29.4 Å². The third-order valence-electron chi connectivity index (χ3n) is 4.51. The van der Waals surface area contributed by atoms with Crippen molar-refractivity contribution in [1.82, 2.24) is 9.97 Å². The second-order valence-electron chi connectivity index (χ2n) is 6.42. The van der Waals surface area contributed by atoms with Gasteiger partial charge in [0.15, 0.2) is 11.5 Å². The van der Waals surface area contributed by atoms with Crippen LogP contribution in [0.4, 0.5) is 5.82 Å². The lowest BCUT2D eigenvalue weighted by Gasteiger charge is -2.19. The molecule has 146 valence electrons. The molecule has 2 N–H and O–H groups in total. The minimum absolute atomic E-state index is 0.0388. The Balaban J connectivity index is 1.92. The Labute approximate surface area is 165 Å². The number of anilines is 1. The molecule has 0 aliphatic heterocycles. The van der Waals surface area contributed by atoms with Crippen molar-refractivity contribution >= 4 is 5.82 Å². The maximum atomic E-state index is 10.1. The maximum absolute atomic E-state index is 10.1. The van der Waals surface area contributed by atoms with E-state index in [0.717, 1.165) is 18.4 Å². The predicted molar refractivity (Wildman–Crippen MR) is 110 cm³/mol. The molecular formula is C22H25N3O3. The van der Waals surface area contributed by atoms with Crippen molar-refractivity contribution in [3.63, 3.8) is 0 Å². The Hall–Kier alpha value is -3.28. The monoisotopic (exact) mass is 379 g/mol. The van der Waals surface area contributed by atoms with Crippen LogP contribution in [0, 0.1) is 0 Å². The Morgan fingerprint density at radius 1 is 1.04 bits per heavy atom. The van der Waals surface area contributed by atoms with Gasteiger partial charge in [-0.05, 0) is 24.1 Å². The van der Waals surface area contributed by atoms with Gasteiger partial charge in [-0.3, -0.25) is 4.98 Å². The van der Waals surface area contributed by atoms with Crippen molar-refractivity contribution in [3.05, 3.63) is 60.4 Å². The molecule has 3 aromatic rings. The highest BCUT2D eigenvalue weighted by atomic mass is 16.5. The molecule has 0 aliphatic rings. The fourth-order valence-corrected chi connectivity index (χ4v) is 3.09. The molecule has 1 atom stereocenters. The lowest BCUT2D eigenvalue weighted by atomic mass is 10.0. The van der Waals surface area contributed by atoms with Crippen LogP contribution in [0.3, 0.4) is 0 Å². The molecule has 6 nitrogen and oxygen atoms in total. The number of benzene rings is 2. The second kappa shape index (κ2) is 9.08. The number of nitrogens with zero attached hydrogens (tertiary/aromatic N) is 2. The quantitative estimate of drug-likeness (QED) is 0.584. The number of hydrogen-bond donors (Lipinski definition) is 2. The molecular weight excluding hydrogens is 354 g/mol. The van der Waals surface area contributed by atoms with Crippen molar-refractivity contribution in [2.45, 2.75) is 25.8 Å². The second-order valence-corrected chi connectivity index (χ2v) is 6.42. The highest BCUT2D eigenvalue weighted by Gasteiger charge is 2.15. The number of ether oxygens (including phenoxy) is 2. The lowest BCUT2D eigenvalue weighted by Crippen LogP contribution is -2.12. The highest BCUT2D eigenvalue weighted by molar-refractivity contribution is 5.68. The molecule has 0 bridgehead atoms. The SMILES string of the molecule is CCCC(Nc1cncc(-c2cc(OC)c(O)c(OC)c2)n1)c1ccccc1. The highest BCUT2D eigenvalue weighted by Crippen LogP contribution is 2.40. The first-order valence-corrected chi connectivity index (χ1v) is 9.25. The maximum Gasteiger partial charge on any atom is 0.200 e. The molecule has 2 aromatic carbocycles. The first kappa shape index (κ1) is 19.5. The zero-order chi connectivity index (χ0) is 19.9. The third-order valence-corrected chi connectivity index (χ3v) is 4.51. The van der Waals surface area contributed by atoms with Crippen molar-refractivity contribution in [2.24, 2.45) is 0 Å². The predicted octanol–water partition coefficient (Wildman–Crippen LogP) is 4.82. The van der Waals surface area contributed by atoms with E-state index in [0.29, 0.717) is 23.0 Å². The van der Waals surface area contributed by atoms with Crippen molar-refractivity contribution < 1.29 is 14.6 Å². The normalized spacial score (nSPS) is 11.7. The molecule has 0 amide bonds. The molecule has 0 saturated carbocycles. The molecule has 0 saturated heterocycles. The van der Waals surface area contributed by atoms with Gasteiger partial charge in [-0.2, -0.15) is 0 Å². The van der Waals surface area contributed by atoms with E-state index < -0.39 is 0 Å². The van der Waals surface area contributed by atoms with Gasteiger partial charge in [0, 0.05) is 5.56 Å². The fourth-order valence-electron chi connectivity index (χ4n) is 3.09. The Kier molecular flexibility index (Phi) is 6.32. The molecule has 0 aliphatic carbocycles. The summed E-state index contributed by atoms with van der Waals surface area (Å²) >= 11 is 0. The first-order chi connectivity index (χ1) is 13.7. The Morgan fingerprint density at radius 3 is 2.32 bits per heavy atom. The van der Waals surface area contributed by atoms with Crippen LogP contribution < -0.4 is 14.8 Å². The fraction of sp³-hybridized carbons (Fsp3) is 0.273. The van der Waals surface area contributed by atoms with E-state index in [1.54, 1.807) is 24.5 Å². The summed E-state index contributed by atoms with van der Waals surface area (Å²) in [6.45, 7) is 2.16. The molecule has 0 spiro atoms. The molecule has 1 unspecified atom stereocenters. The van der Waals surface area contributed by atoms with E-state index in [4.69, 9.17) is 14.5 Å². The summed E-state index contributed by atoms with van der Waals surface area (Å²) < 4.78 is 10.5. The standard InChI is InChI=1S/C22H25N3O3/c1-4-8-17(15-9-6-5-7-10-15)24-21-14-23-13-18(25-21)16-11-19(27-2)22(26)20(12-16)28-3/h5-7,9-14,17,26H,4,8H2,1-3H3,(H,24,25).